The first-order valence-corrected chi connectivity index (χ1v) is 4.08. The van der Waals surface area contributed by atoms with Gasteiger partial charge in [0.15, 0.2) is 0 Å². The second kappa shape index (κ2) is 3.06. The highest BCUT2D eigenvalue weighted by molar-refractivity contribution is 7.12. The lowest BCUT2D eigenvalue weighted by Crippen LogP contribution is -2.00. The molecule has 0 aromatic carbocycles. The molecule has 1 aromatic heterocycles. The minimum absolute atomic E-state index is 0.335. The van der Waals surface area contributed by atoms with Gasteiger partial charge in [-0.05, 0) is 19.1 Å². The molecule has 0 spiro atoms. The van der Waals surface area contributed by atoms with Crippen LogP contribution in [0.5, 0.6) is 0 Å². The van der Waals surface area contributed by atoms with Crippen molar-refractivity contribution >= 4 is 11.3 Å². The van der Waals surface area contributed by atoms with Gasteiger partial charge in [0, 0.05) is 4.88 Å². The summed E-state index contributed by atoms with van der Waals surface area (Å²) in [6.45, 7) is 1.44. The Kier molecular flexibility index (Phi) is 2.44. The van der Waals surface area contributed by atoms with E-state index in [-0.39, 0.29) is 0 Å². The van der Waals surface area contributed by atoms with Gasteiger partial charge >= 0.3 is 6.18 Å². The van der Waals surface area contributed by atoms with Gasteiger partial charge in [-0.15, -0.1) is 11.3 Å². The van der Waals surface area contributed by atoms with Crippen LogP contribution in [0.1, 0.15) is 22.8 Å². The molecule has 0 aliphatic heterocycles. The van der Waals surface area contributed by atoms with Crippen LogP contribution in [0.15, 0.2) is 12.1 Å². The topological polar surface area (TPSA) is 20.2 Å². The molecular formula is C7H7F3OS. The van der Waals surface area contributed by atoms with Gasteiger partial charge in [0.2, 0.25) is 0 Å². The summed E-state index contributed by atoms with van der Waals surface area (Å²) in [7, 11) is 0. The van der Waals surface area contributed by atoms with Crippen LogP contribution < -0.4 is 0 Å². The number of thiophene rings is 1. The Morgan fingerprint density at radius 2 is 2.00 bits per heavy atom. The predicted octanol–water partition coefficient (Wildman–Crippen LogP) is 2.82. The summed E-state index contributed by atoms with van der Waals surface area (Å²) in [5.41, 5.74) is 0. The van der Waals surface area contributed by atoms with E-state index in [9.17, 15) is 13.2 Å². The zero-order valence-electron chi connectivity index (χ0n) is 6.22. The molecule has 1 rings (SSSR count). The zero-order valence-corrected chi connectivity index (χ0v) is 7.04. The third kappa shape index (κ3) is 1.98. The summed E-state index contributed by atoms with van der Waals surface area (Å²) in [6.07, 6.45) is -5.12. The van der Waals surface area contributed by atoms with Gasteiger partial charge in [0.1, 0.15) is 4.88 Å². The number of aliphatic hydroxyl groups excluding tert-OH is 1. The molecule has 0 radical (unpaired) electrons. The Balaban J connectivity index is 2.92. The molecule has 0 saturated heterocycles. The number of hydrogen-bond acceptors (Lipinski definition) is 2. The van der Waals surface area contributed by atoms with Crippen molar-refractivity contribution in [1.29, 1.82) is 0 Å². The quantitative estimate of drug-likeness (QED) is 0.732. The third-order valence-electron chi connectivity index (χ3n) is 1.32. The second-order valence-corrected chi connectivity index (χ2v) is 3.49. The highest BCUT2D eigenvalue weighted by Crippen LogP contribution is 2.36. The molecule has 1 heterocycles. The van der Waals surface area contributed by atoms with Crippen LogP contribution in [0, 0.1) is 0 Å². The summed E-state index contributed by atoms with van der Waals surface area (Å²) in [4.78, 5) is -0.333. The van der Waals surface area contributed by atoms with Crippen LogP contribution in [-0.2, 0) is 6.18 Å². The van der Waals surface area contributed by atoms with Gasteiger partial charge in [-0.25, -0.2) is 0 Å². The average Bonchev–Trinajstić information content (AvgIpc) is 2.30. The van der Waals surface area contributed by atoms with E-state index in [1.165, 1.54) is 13.0 Å². The summed E-state index contributed by atoms with van der Waals surface area (Å²) in [6, 6.07) is 2.27. The Morgan fingerprint density at radius 3 is 2.25 bits per heavy atom. The standard InChI is InChI=1S/C7H7F3OS/c1-4(11)5-2-3-6(12-5)7(8,9)10/h2-4,11H,1H3/t4-/m1/s1. The maximum Gasteiger partial charge on any atom is 0.425 e. The first-order valence-electron chi connectivity index (χ1n) is 3.26. The summed E-state index contributed by atoms with van der Waals surface area (Å²) >= 11 is 0.573. The van der Waals surface area contributed by atoms with E-state index < -0.39 is 17.2 Å². The Morgan fingerprint density at radius 1 is 1.42 bits per heavy atom. The number of alkyl halides is 3. The minimum atomic E-state index is -4.29. The Bertz CT molecular complexity index is 264. The van der Waals surface area contributed by atoms with Crippen molar-refractivity contribution in [1.82, 2.24) is 0 Å². The molecule has 0 aliphatic rings. The van der Waals surface area contributed by atoms with Crippen molar-refractivity contribution in [2.75, 3.05) is 0 Å². The van der Waals surface area contributed by atoms with Crippen LogP contribution >= 0.6 is 11.3 Å². The lowest BCUT2D eigenvalue weighted by Gasteiger charge is -2.01. The molecule has 12 heavy (non-hydrogen) atoms. The van der Waals surface area contributed by atoms with Crippen molar-refractivity contribution < 1.29 is 18.3 Å². The molecule has 0 fully saturated rings. The van der Waals surface area contributed by atoms with Gasteiger partial charge in [-0.1, -0.05) is 0 Å². The van der Waals surface area contributed by atoms with Crippen molar-refractivity contribution in [2.45, 2.75) is 19.2 Å². The number of rotatable bonds is 1. The van der Waals surface area contributed by atoms with Gasteiger partial charge in [0.25, 0.3) is 0 Å². The van der Waals surface area contributed by atoms with Crippen molar-refractivity contribution in [2.24, 2.45) is 0 Å². The first-order chi connectivity index (χ1) is 5.41. The monoisotopic (exact) mass is 196 g/mol. The summed E-state index contributed by atoms with van der Waals surface area (Å²) in [5.74, 6) is 0. The van der Waals surface area contributed by atoms with Crippen LogP contribution in [0.2, 0.25) is 0 Å². The van der Waals surface area contributed by atoms with Crippen molar-refractivity contribution in [3.8, 4) is 0 Å². The fourth-order valence-electron chi connectivity index (χ4n) is 0.730. The predicted molar refractivity (Wildman–Crippen MR) is 40.0 cm³/mol. The second-order valence-electron chi connectivity index (χ2n) is 2.38. The van der Waals surface area contributed by atoms with E-state index in [1.54, 1.807) is 0 Å². The van der Waals surface area contributed by atoms with Crippen molar-refractivity contribution in [3.63, 3.8) is 0 Å². The molecule has 0 aliphatic carbocycles. The minimum Gasteiger partial charge on any atom is -0.388 e. The van der Waals surface area contributed by atoms with Gasteiger partial charge in [-0.3, -0.25) is 0 Å². The fraction of sp³-hybridized carbons (Fsp3) is 0.429. The van der Waals surface area contributed by atoms with E-state index in [1.807, 2.05) is 0 Å². The molecule has 0 amide bonds. The van der Waals surface area contributed by atoms with E-state index >= 15 is 0 Å². The Labute approximate surface area is 71.5 Å². The van der Waals surface area contributed by atoms with E-state index in [0.29, 0.717) is 16.2 Å². The SMILES string of the molecule is C[C@@H](O)c1ccc(C(F)(F)F)s1. The molecule has 1 nitrogen and oxygen atoms in total. The largest absolute Gasteiger partial charge is 0.425 e. The highest BCUT2D eigenvalue weighted by atomic mass is 32.1. The number of halogens is 3. The van der Waals surface area contributed by atoms with Gasteiger partial charge in [-0.2, -0.15) is 13.2 Å². The lowest BCUT2D eigenvalue weighted by molar-refractivity contribution is -0.134. The fourth-order valence-corrected chi connectivity index (χ4v) is 1.54. The summed E-state index contributed by atoms with van der Waals surface area (Å²) in [5, 5.41) is 8.95. The van der Waals surface area contributed by atoms with E-state index in [2.05, 4.69) is 0 Å². The maximum atomic E-state index is 12.0. The molecular weight excluding hydrogens is 189 g/mol. The Hall–Kier alpha value is -0.550. The number of aliphatic hydroxyl groups is 1. The van der Waals surface area contributed by atoms with Gasteiger partial charge < -0.3 is 5.11 Å². The zero-order chi connectivity index (χ0) is 9.35. The van der Waals surface area contributed by atoms with Crippen LogP contribution in [0.4, 0.5) is 13.2 Å². The number of hydrogen-bond donors (Lipinski definition) is 1. The molecule has 1 atom stereocenters. The summed E-state index contributed by atoms with van der Waals surface area (Å²) < 4.78 is 36.0. The molecule has 0 saturated carbocycles. The van der Waals surface area contributed by atoms with Crippen molar-refractivity contribution in [3.05, 3.63) is 21.9 Å². The van der Waals surface area contributed by atoms with Crippen LogP contribution in [0.25, 0.3) is 0 Å². The molecule has 1 aromatic rings. The smallest absolute Gasteiger partial charge is 0.388 e. The van der Waals surface area contributed by atoms with Crippen LogP contribution in [0.3, 0.4) is 0 Å². The molecule has 5 heteroatoms. The normalized spacial score (nSPS) is 14.8. The molecule has 0 unspecified atom stereocenters. The lowest BCUT2D eigenvalue weighted by atomic mass is 10.3. The first kappa shape index (κ1) is 9.54. The average molecular weight is 196 g/mol. The highest BCUT2D eigenvalue weighted by Gasteiger charge is 2.32. The maximum absolute atomic E-state index is 12.0. The van der Waals surface area contributed by atoms with E-state index in [4.69, 9.17) is 5.11 Å². The van der Waals surface area contributed by atoms with Gasteiger partial charge in [0.05, 0.1) is 6.10 Å². The molecule has 1 N–H and O–H groups in total. The van der Waals surface area contributed by atoms with Crippen LogP contribution in [-0.4, -0.2) is 5.11 Å². The van der Waals surface area contributed by atoms with E-state index in [0.717, 1.165) is 6.07 Å². The molecule has 68 valence electrons. The molecule has 0 bridgehead atoms. The third-order valence-corrected chi connectivity index (χ3v) is 2.62.